The fourth-order valence-corrected chi connectivity index (χ4v) is 6.33. The summed E-state index contributed by atoms with van der Waals surface area (Å²) in [6.07, 6.45) is 3.90. The molecular weight excluding hydrogens is 556 g/mol. The van der Waals surface area contributed by atoms with Crippen molar-refractivity contribution in [3.05, 3.63) is 101 Å². The van der Waals surface area contributed by atoms with Crippen LogP contribution in [0.4, 0.5) is 0 Å². The number of hydrogen-bond donors (Lipinski definition) is 1. The van der Waals surface area contributed by atoms with Crippen LogP contribution < -0.4 is 23.7 Å². The van der Waals surface area contributed by atoms with E-state index in [0.717, 1.165) is 41.8 Å². The number of benzene rings is 4. The van der Waals surface area contributed by atoms with Crippen LogP contribution in [-0.2, 0) is 19.3 Å². The molecule has 0 aliphatic carbocycles. The lowest BCUT2D eigenvalue weighted by Crippen LogP contribution is -2.33. The maximum absolute atomic E-state index is 11.5. The maximum Gasteiger partial charge on any atom is 0.202 e. The van der Waals surface area contributed by atoms with E-state index in [4.69, 9.17) is 28.7 Å². The summed E-state index contributed by atoms with van der Waals surface area (Å²) in [6.45, 7) is 0.925. The van der Waals surface area contributed by atoms with Gasteiger partial charge in [0, 0.05) is 25.2 Å². The van der Waals surface area contributed by atoms with Crippen LogP contribution in [0.3, 0.4) is 0 Å². The molecule has 8 rings (SSSR count). The highest BCUT2D eigenvalue weighted by Crippen LogP contribution is 2.49. The number of ether oxygens (including phenoxy) is 5. The number of phenols is 1. The maximum atomic E-state index is 11.5. The van der Waals surface area contributed by atoms with Crippen molar-refractivity contribution in [1.82, 2.24) is 9.88 Å². The van der Waals surface area contributed by atoms with Crippen molar-refractivity contribution in [3.8, 4) is 46.0 Å². The predicted octanol–water partition coefficient (Wildman–Crippen LogP) is 7.23. The van der Waals surface area contributed by atoms with Crippen LogP contribution in [0.25, 0.3) is 10.8 Å². The minimum absolute atomic E-state index is 0.101. The van der Waals surface area contributed by atoms with Gasteiger partial charge >= 0.3 is 0 Å². The van der Waals surface area contributed by atoms with E-state index in [-0.39, 0.29) is 17.5 Å². The molecule has 44 heavy (non-hydrogen) atoms. The summed E-state index contributed by atoms with van der Waals surface area (Å²) in [6, 6.07) is 22.0. The van der Waals surface area contributed by atoms with Gasteiger partial charge < -0.3 is 28.8 Å². The number of pyridine rings is 1. The molecular formula is C36H34N2O6. The number of phenolic OH excluding ortho intramolecular Hbond substituents is 1. The molecule has 0 amide bonds. The van der Waals surface area contributed by atoms with E-state index in [1.807, 2.05) is 36.4 Å². The van der Waals surface area contributed by atoms with Crippen molar-refractivity contribution in [3.63, 3.8) is 0 Å². The molecule has 1 atom stereocenters. The number of fused-ring (bicyclic) bond motifs is 2. The van der Waals surface area contributed by atoms with Gasteiger partial charge in [0.1, 0.15) is 5.75 Å². The number of methoxy groups -OCH3 is 3. The Morgan fingerprint density at radius 2 is 1.57 bits per heavy atom. The van der Waals surface area contributed by atoms with Crippen LogP contribution >= 0.6 is 0 Å². The number of likely N-dealkylation sites (N-methyl/N-ethyl adjacent to an activating group) is 1. The first kappa shape index (κ1) is 27.9. The van der Waals surface area contributed by atoms with E-state index in [9.17, 15) is 5.11 Å². The van der Waals surface area contributed by atoms with Gasteiger partial charge in [0.05, 0.1) is 32.4 Å². The van der Waals surface area contributed by atoms with Crippen LogP contribution in [-0.4, -0.2) is 49.9 Å². The van der Waals surface area contributed by atoms with Gasteiger partial charge in [-0.15, -0.1) is 0 Å². The number of aromatic nitrogens is 1. The topological polar surface area (TPSA) is 82.5 Å². The summed E-state index contributed by atoms with van der Waals surface area (Å²) in [5.41, 5.74) is 5.26. The zero-order valence-electron chi connectivity index (χ0n) is 25.2. The predicted molar refractivity (Wildman–Crippen MR) is 168 cm³/mol. The molecule has 4 heterocycles. The Balaban J connectivity index is 1.48. The first-order valence-corrected chi connectivity index (χ1v) is 14.7. The molecule has 8 heteroatoms. The van der Waals surface area contributed by atoms with Gasteiger partial charge in [-0.2, -0.15) is 0 Å². The van der Waals surface area contributed by atoms with Crippen molar-refractivity contribution >= 4 is 10.8 Å². The highest BCUT2D eigenvalue weighted by atomic mass is 16.5. The third-order valence-electron chi connectivity index (χ3n) is 8.69. The Hall–Kier alpha value is -4.95. The van der Waals surface area contributed by atoms with Crippen LogP contribution in [0, 0.1) is 0 Å². The van der Waals surface area contributed by atoms with E-state index in [2.05, 4.69) is 36.2 Å². The molecule has 3 aliphatic rings. The van der Waals surface area contributed by atoms with Crippen molar-refractivity contribution in [2.45, 2.75) is 25.3 Å². The molecule has 0 unspecified atom stereocenters. The Morgan fingerprint density at radius 1 is 0.818 bits per heavy atom. The molecule has 0 fully saturated rings. The fourth-order valence-electron chi connectivity index (χ4n) is 6.33. The minimum Gasteiger partial charge on any atom is -0.502 e. The monoisotopic (exact) mass is 590 g/mol. The standard InChI is InChI=1S/C36H34N2O6/c1-38-14-12-23-18-30(41-3)32-20-26(23)28(38)16-21-5-8-25(9-6-21)43-31-17-22(7-10-29(31)40-2)15-27-34-24(11-13-37-27)19-33(42-4)35(39)36(34)44-32/h5-11,13,17-20,28,39H,12,14-16H2,1-4H3/t28-/m1/s1. The van der Waals surface area contributed by atoms with Gasteiger partial charge in [-0.3, -0.25) is 9.88 Å². The lowest BCUT2D eigenvalue weighted by atomic mass is 9.88. The number of hydrogen-bond acceptors (Lipinski definition) is 8. The molecule has 6 bridgehead atoms. The molecule has 0 saturated carbocycles. The summed E-state index contributed by atoms with van der Waals surface area (Å²) in [5.74, 6) is 3.56. The second-order valence-corrected chi connectivity index (χ2v) is 11.3. The van der Waals surface area contributed by atoms with Gasteiger partial charge in [-0.25, -0.2) is 0 Å². The van der Waals surface area contributed by atoms with Gasteiger partial charge in [0.2, 0.25) is 5.75 Å². The lowest BCUT2D eigenvalue weighted by Gasteiger charge is -2.35. The van der Waals surface area contributed by atoms with E-state index >= 15 is 0 Å². The molecule has 3 aliphatic heterocycles. The Bertz CT molecular complexity index is 1870. The van der Waals surface area contributed by atoms with Crippen LogP contribution in [0.2, 0.25) is 0 Å². The average molecular weight is 591 g/mol. The van der Waals surface area contributed by atoms with E-state index in [1.54, 1.807) is 26.5 Å². The number of rotatable bonds is 3. The molecule has 8 nitrogen and oxygen atoms in total. The molecule has 0 saturated heterocycles. The molecule has 0 radical (unpaired) electrons. The summed E-state index contributed by atoms with van der Waals surface area (Å²) in [7, 11) is 6.95. The molecule has 1 N–H and O–H groups in total. The van der Waals surface area contributed by atoms with Crippen molar-refractivity contribution < 1.29 is 28.8 Å². The quantitative estimate of drug-likeness (QED) is 0.236. The largest absolute Gasteiger partial charge is 0.502 e. The Kier molecular flexibility index (Phi) is 7.14. The van der Waals surface area contributed by atoms with Gasteiger partial charge in [-0.1, -0.05) is 18.2 Å². The van der Waals surface area contributed by atoms with E-state index in [0.29, 0.717) is 40.6 Å². The van der Waals surface area contributed by atoms with Gasteiger partial charge in [0.15, 0.2) is 34.5 Å². The highest BCUT2D eigenvalue weighted by molar-refractivity contribution is 5.95. The second-order valence-electron chi connectivity index (χ2n) is 11.3. The highest BCUT2D eigenvalue weighted by Gasteiger charge is 2.29. The van der Waals surface area contributed by atoms with Gasteiger partial charge in [-0.05, 0) is 96.1 Å². The average Bonchev–Trinajstić information content (AvgIpc) is 3.04. The van der Waals surface area contributed by atoms with E-state index < -0.39 is 0 Å². The van der Waals surface area contributed by atoms with Crippen molar-refractivity contribution in [2.24, 2.45) is 0 Å². The third kappa shape index (κ3) is 4.91. The fraction of sp³-hybridized carbons (Fsp3) is 0.250. The minimum atomic E-state index is -0.101. The summed E-state index contributed by atoms with van der Waals surface area (Å²) in [4.78, 5) is 7.13. The van der Waals surface area contributed by atoms with Crippen LogP contribution in [0.1, 0.15) is 34.0 Å². The summed E-state index contributed by atoms with van der Waals surface area (Å²) in [5, 5.41) is 13.0. The van der Waals surface area contributed by atoms with Crippen LogP contribution in [0.15, 0.2) is 72.9 Å². The molecule has 224 valence electrons. The SMILES string of the molecule is COc1ccc2cc1Oc1ccc(cc1)C[C@@H]1c3cc(c(OC)cc3CCN1C)Oc1c(O)c(OC)cc3ccnc(c13)C2. The first-order chi connectivity index (χ1) is 21.4. The molecule has 4 aromatic carbocycles. The molecule has 0 spiro atoms. The zero-order chi connectivity index (χ0) is 30.4. The summed E-state index contributed by atoms with van der Waals surface area (Å²) < 4.78 is 30.1. The van der Waals surface area contributed by atoms with Crippen molar-refractivity contribution in [1.29, 1.82) is 0 Å². The molecule has 5 aromatic rings. The third-order valence-corrected chi connectivity index (χ3v) is 8.69. The number of aromatic hydroxyl groups is 1. The smallest absolute Gasteiger partial charge is 0.202 e. The Morgan fingerprint density at radius 3 is 2.34 bits per heavy atom. The van der Waals surface area contributed by atoms with E-state index in [1.165, 1.54) is 23.8 Å². The second kappa shape index (κ2) is 11.3. The lowest BCUT2D eigenvalue weighted by molar-refractivity contribution is 0.228. The van der Waals surface area contributed by atoms with Crippen LogP contribution in [0.5, 0.6) is 46.0 Å². The first-order valence-electron chi connectivity index (χ1n) is 14.7. The Labute approximate surface area is 256 Å². The number of nitrogens with zero attached hydrogens (tertiary/aromatic N) is 2. The molecule has 1 aromatic heterocycles. The summed E-state index contributed by atoms with van der Waals surface area (Å²) >= 11 is 0. The normalized spacial score (nSPS) is 16.0. The zero-order valence-corrected chi connectivity index (χ0v) is 25.2. The van der Waals surface area contributed by atoms with Crippen molar-refractivity contribution in [2.75, 3.05) is 34.9 Å². The van der Waals surface area contributed by atoms with Gasteiger partial charge in [0.25, 0.3) is 0 Å².